The van der Waals surface area contributed by atoms with Crippen LogP contribution in [0.3, 0.4) is 0 Å². The number of ether oxygens (including phenoxy) is 1. The van der Waals surface area contributed by atoms with Crippen LogP contribution in [0.5, 0.6) is 0 Å². The number of hydrogen-bond donors (Lipinski definition) is 2. The first kappa shape index (κ1) is 17.7. The zero-order valence-electron chi connectivity index (χ0n) is 13.7. The fraction of sp³-hybridized carbons (Fsp3) is 0.263. The Morgan fingerprint density at radius 1 is 1.04 bits per heavy atom. The van der Waals surface area contributed by atoms with Crippen LogP contribution in [0, 0.1) is 0 Å². The van der Waals surface area contributed by atoms with Crippen molar-refractivity contribution in [3.63, 3.8) is 0 Å². The highest BCUT2D eigenvalue weighted by molar-refractivity contribution is 5.94. The molecule has 126 valence electrons. The monoisotopic (exact) mass is 326 g/mol. The summed E-state index contributed by atoms with van der Waals surface area (Å²) in [4.78, 5) is 23.8. The molecule has 0 atom stereocenters. The number of methoxy groups -OCH3 is 1. The van der Waals surface area contributed by atoms with Gasteiger partial charge in [0.25, 0.3) is 5.91 Å². The van der Waals surface area contributed by atoms with Crippen LogP contribution in [-0.2, 0) is 16.1 Å². The summed E-state index contributed by atoms with van der Waals surface area (Å²) in [5.74, 6) is -0.193. The summed E-state index contributed by atoms with van der Waals surface area (Å²) in [6.07, 6.45) is 0.936. The van der Waals surface area contributed by atoms with Crippen molar-refractivity contribution in [3.8, 4) is 0 Å². The molecule has 0 aliphatic heterocycles. The summed E-state index contributed by atoms with van der Waals surface area (Å²) in [5, 5.41) is 5.66. The van der Waals surface area contributed by atoms with Crippen molar-refractivity contribution in [1.82, 2.24) is 5.32 Å². The van der Waals surface area contributed by atoms with Crippen LogP contribution in [0.2, 0.25) is 0 Å². The predicted molar refractivity (Wildman–Crippen MR) is 93.8 cm³/mol. The molecule has 2 aromatic carbocycles. The maximum absolute atomic E-state index is 11.9. The number of rotatable bonds is 8. The molecule has 0 spiro atoms. The minimum atomic E-state index is -0.122. The molecule has 0 radical (unpaired) electrons. The van der Waals surface area contributed by atoms with Gasteiger partial charge in [-0.2, -0.15) is 0 Å². The first-order valence-corrected chi connectivity index (χ1v) is 7.90. The second kappa shape index (κ2) is 9.47. The van der Waals surface area contributed by atoms with E-state index in [-0.39, 0.29) is 11.8 Å². The number of amides is 2. The third-order valence-corrected chi connectivity index (χ3v) is 3.42. The van der Waals surface area contributed by atoms with Gasteiger partial charge in [-0.25, -0.2) is 0 Å². The molecule has 0 aromatic heterocycles. The lowest BCUT2D eigenvalue weighted by atomic mass is 10.2. The standard InChI is InChI=1S/C19H22N2O3/c1-24-14-15-7-5-10-17(13-15)21-18(22)11-6-12-20-19(23)16-8-3-2-4-9-16/h2-5,7-10,13H,6,11-12,14H2,1H3,(H,20,23)(H,21,22). The molecular formula is C19H22N2O3. The molecule has 5 nitrogen and oxygen atoms in total. The molecule has 0 aliphatic rings. The molecule has 2 aromatic rings. The summed E-state index contributed by atoms with van der Waals surface area (Å²) in [6.45, 7) is 0.972. The predicted octanol–water partition coefficient (Wildman–Crippen LogP) is 2.98. The van der Waals surface area contributed by atoms with Crippen LogP contribution >= 0.6 is 0 Å². The van der Waals surface area contributed by atoms with Crippen molar-refractivity contribution in [3.05, 3.63) is 65.7 Å². The Kier molecular flexibility index (Phi) is 6.98. The van der Waals surface area contributed by atoms with E-state index in [4.69, 9.17) is 4.74 Å². The third kappa shape index (κ3) is 5.85. The lowest BCUT2D eigenvalue weighted by Crippen LogP contribution is -2.25. The van der Waals surface area contributed by atoms with E-state index >= 15 is 0 Å². The van der Waals surface area contributed by atoms with Crippen LogP contribution in [0.15, 0.2) is 54.6 Å². The molecule has 2 amide bonds. The summed E-state index contributed by atoms with van der Waals surface area (Å²) in [7, 11) is 1.63. The Labute approximate surface area is 142 Å². The van der Waals surface area contributed by atoms with Gasteiger partial charge in [0.2, 0.25) is 5.91 Å². The number of anilines is 1. The van der Waals surface area contributed by atoms with E-state index in [0.29, 0.717) is 31.6 Å². The number of hydrogen-bond acceptors (Lipinski definition) is 3. The first-order valence-electron chi connectivity index (χ1n) is 7.90. The van der Waals surface area contributed by atoms with Gasteiger partial charge in [-0.3, -0.25) is 9.59 Å². The van der Waals surface area contributed by atoms with Crippen LogP contribution < -0.4 is 10.6 Å². The molecule has 0 fully saturated rings. The average Bonchev–Trinajstić information content (AvgIpc) is 2.60. The Bertz CT molecular complexity index is 671. The van der Waals surface area contributed by atoms with E-state index < -0.39 is 0 Å². The number of benzene rings is 2. The van der Waals surface area contributed by atoms with E-state index in [0.717, 1.165) is 11.3 Å². The molecule has 0 bridgehead atoms. The van der Waals surface area contributed by atoms with Gasteiger partial charge >= 0.3 is 0 Å². The van der Waals surface area contributed by atoms with Gasteiger partial charge in [-0.15, -0.1) is 0 Å². The van der Waals surface area contributed by atoms with E-state index in [1.165, 1.54) is 0 Å². The molecule has 0 saturated carbocycles. The molecule has 2 rings (SSSR count). The zero-order valence-corrected chi connectivity index (χ0v) is 13.7. The van der Waals surface area contributed by atoms with Crippen molar-refractivity contribution >= 4 is 17.5 Å². The Morgan fingerprint density at radius 2 is 1.83 bits per heavy atom. The van der Waals surface area contributed by atoms with Crippen LogP contribution in [0.25, 0.3) is 0 Å². The SMILES string of the molecule is COCc1cccc(NC(=O)CCCNC(=O)c2ccccc2)c1. The van der Waals surface area contributed by atoms with Crippen molar-refractivity contribution in [2.75, 3.05) is 19.0 Å². The second-order valence-electron chi connectivity index (χ2n) is 5.41. The zero-order chi connectivity index (χ0) is 17.2. The molecule has 24 heavy (non-hydrogen) atoms. The minimum absolute atomic E-state index is 0.0708. The number of carbonyl (C=O) groups excluding carboxylic acids is 2. The van der Waals surface area contributed by atoms with Crippen molar-refractivity contribution in [2.24, 2.45) is 0 Å². The summed E-state index contributed by atoms with van der Waals surface area (Å²) < 4.78 is 5.07. The maximum Gasteiger partial charge on any atom is 0.251 e. The average molecular weight is 326 g/mol. The molecule has 0 aliphatic carbocycles. The summed E-state index contributed by atoms with van der Waals surface area (Å²) in [5.41, 5.74) is 2.38. The Morgan fingerprint density at radius 3 is 2.58 bits per heavy atom. The molecule has 0 saturated heterocycles. The molecule has 0 unspecified atom stereocenters. The van der Waals surface area contributed by atoms with Crippen molar-refractivity contribution < 1.29 is 14.3 Å². The van der Waals surface area contributed by atoms with Gasteiger partial charge < -0.3 is 15.4 Å². The molecule has 5 heteroatoms. The number of nitrogens with one attached hydrogen (secondary N) is 2. The van der Waals surface area contributed by atoms with Gasteiger partial charge in [-0.05, 0) is 36.2 Å². The highest BCUT2D eigenvalue weighted by Gasteiger charge is 2.06. The first-order chi connectivity index (χ1) is 11.7. The molecular weight excluding hydrogens is 304 g/mol. The normalized spacial score (nSPS) is 10.2. The van der Waals surface area contributed by atoms with Crippen molar-refractivity contribution in [1.29, 1.82) is 0 Å². The maximum atomic E-state index is 11.9. The molecule has 2 N–H and O–H groups in total. The van der Waals surface area contributed by atoms with E-state index in [2.05, 4.69) is 10.6 Å². The fourth-order valence-corrected chi connectivity index (χ4v) is 2.27. The smallest absolute Gasteiger partial charge is 0.251 e. The van der Waals surface area contributed by atoms with E-state index in [9.17, 15) is 9.59 Å². The largest absolute Gasteiger partial charge is 0.380 e. The van der Waals surface area contributed by atoms with Gasteiger partial charge in [-0.1, -0.05) is 30.3 Å². The lowest BCUT2D eigenvalue weighted by molar-refractivity contribution is -0.116. The Balaban J connectivity index is 1.70. The van der Waals surface area contributed by atoms with Crippen molar-refractivity contribution in [2.45, 2.75) is 19.4 Å². The lowest BCUT2D eigenvalue weighted by Gasteiger charge is -2.08. The third-order valence-electron chi connectivity index (χ3n) is 3.42. The highest BCUT2D eigenvalue weighted by Crippen LogP contribution is 2.12. The topological polar surface area (TPSA) is 67.4 Å². The fourth-order valence-electron chi connectivity index (χ4n) is 2.27. The van der Waals surface area contributed by atoms with Gasteiger partial charge in [0.05, 0.1) is 6.61 Å². The highest BCUT2D eigenvalue weighted by atomic mass is 16.5. The van der Waals surface area contributed by atoms with Crippen LogP contribution in [0.4, 0.5) is 5.69 Å². The van der Waals surface area contributed by atoms with E-state index in [1.54, 1.807) is 19.2 Å². The van der Waals surface area contributed by atoms with Gasteiger partial charge in [0.15, 0.2) is 0 Å². The molecule has 0 heterocycles. The second-order valence-corrected chi connectivity index (χ2v) is 5.41. The quantitative estimate of drug-likeness (QED) is 0.733. The number of carbonyl (C=O) groups is 2. The summed E-state index contributed by atoms with van der Waals surface area (Å²) >= 11 is 0. The van der Waals surface area contributed by atoms with E-state index in [1.807, 2.05) is 42.5 Å². The van der Waals surface area contributed by atoms with Gasteiger partial charge in [0.1, 0.15) is 0 Å². The van der Waals surface area contributed by atoms with Crippen LogP contribution in [0.1, 0.15) is 28.8 Å². The minimum Gasteiger partial charge on any atom is -0.380 e. The van der Waals surface area contributed by atoms with Crippen LogP contribution in [-0.4, -0.2) is 25.5 Å². The summed E-state index contributed by atoms with van der Waals surface area (Å²) in [6, 6.07) is 16.6. The van der Waals surface area contributed by atoms with Gasteiger partial charge in [0, 0.05) is 31.3 Å². The Hall–Kier alpha value is -2.66.